The zero-order chi connectivity index (χ0) is 12.7. The molecule has 1 aliphatic rings. The van der Waals surface area contributed by atoms with Gasteiger partial charge in [0.1, 0.15) is 22.1 Å². The molecule has 3 heterocycles. The molecule has 1 N–H and O–H groups in total. The molecule has 0 spiro atoms. The van der Waals surface area contributed by atoms with Gasteiger partial charge < -0.3 is 14.6 Å². The van der Waals surface area contributed by atoms with E-state index >= 15 is 0 Å². The van der Waals surface area contributed by atoms with Gasteiger partial charge in [-0.15, -0.1) is 11.3 Å². The van der Waals surface area contributed by atoms with Gasteiger partial charge >= 0.3 is 5.97 Å². The highest BCUT2D eigenvalue weighted by Gasteiger charge is 2.24. The number of carbonyl (C=O) groups is 1. The van der Waals surface area contributed by atoms with Gasteiger partial charge in [-0.2, -0.15) is 0 Å². The van der Waals surface area contributed by atoms with Crippen LogP contribution in [0.3, 0.4) is 0 Å². The van der Waals surface area contributed by atoms with Gasteiger partial charge in [0, 0.05) is 0 Å². The van der Waals surface area contributed by atoms with Crippen molar-refractivity contribution in [3.05, 3.63) is 16.8 Å². The average molecular weight is 266 g/mol. The van der Waals surface area contributed by atoms with Gasteiger partial charge in [-0.3, -0.25) is 0 Å². The normalized spacial score (nSPS) is 15.6. The number of hydrogen-bond acceptors (Lipinski definition) is 6. The van der Waals surface area contributed by atoms with Crippen LogP contribution >= 0.6 is 11.3 Å². The zero-order valence-corrected chi connectivity index (χ0v) is 10.4. The first-order chi connectivity index (χ1) is 8.66. The molecule has 0 amide bonds. The molecule has 0 atom stereocenters. The summed E-state index contributed by atoms with van der Waals surface area (Å²) < 4.78 is 10.7. The summed E-state index contributed by atoms with van der Waals surface area (Å²) in [5.41, 5.74) is 0.651. The van der Waals surface area contributed by atoms with Crippen molar-refractivity contribution < 1.29 is 19.4 Å². The van der Waals surface area contributed by atoms with Crippen LogP contribution in [0.25, 0.3) is 10.2 Å². The van der Waals surface area contributed by atoms with Crippen molar-refractivity contribution in [2.45, 2.75) is 13.0 Å². The Morgan fingerprint density at radius 2 is 2.33 bits per heavy atom. The Bertz CT molecular complexity index is 621. The molecule has 0 radical (unpaired) electrons. The Morgan fingerprint density at radius 1 is 1.56 bits per heavy atom. The molecule has 18 heavy (non-hydrogen) atoms. The second-order valence-corrected chi connectivity index (χ2v) is 5.00. The molecule has 2 aromatic rings. The maximum Gasteiger partial charge on any atom is 0.346 e. The van der Waals surface area contributed by atoms with E-state index in [1.807, 2.05) is 0 Å². The van der Waals surface area contributed by atoms with Crippen LogP contribution < -0.4 is 4.74 Å². The summed E-state index contributed by atoms with van der Waals surface area (Å²) in [5.74, 6) is -0.511. The van der Waals surface area contributed by atoms with Crippen molar-refractivity contribution in [1.82, 2.24) is 9.97 Å². The Labute approximate surface area is 106 Å². The summed E-state index contributed by atoms with van der Waals surface area (Å²) in [6, 6.07) is 0. The highest BCUT2D eigenvalue weighted by molar-refractivity contribution is 7.20. The lowest BCUT2D eigenvalue weighted by atomic mass is 10.2. The number of fused-ring (bicyclic) bond motifs is 1. The van der Waals surface area contributed by atoms with E-state index < -0.39 is 5.97 Å². The monoisotopic (exact) mass is 266 g/mol. The first-order valence-electron chi connectivity index (χ1n) is 5.38. The lowest BCUT2D eigenvalue weighted by Crippen LogP contribution is -2.38. The van der Waals surface area contributed by atoms with Crippen LogP contribution in [-0.2, 0) is 4.74 Å². The molecule has 0 aliphatic carbocycles. The number of hydrogen-bond donors (Lipinski definition) is 1. The highest BCUT2D eigenvalue weighted by atomic mass is 32.1. The number of nitrogens with zero attached hydrogens (tertiary/aromatic N) is 2. The minimum absolute atomic E-state index is 0.00400. The van der Waals surface area contributed by atoms with Gasteiger partial charge in [-0.05, 0) is 12.5 Å². The van der Waals surface area contributed by atoms with Gasteiger partial charge in [-0.1, -0.05) is 0 Å². The van der Waals surface area contributed by atoms with Crippen molar-refractivity contribution in [2.24, 2.45) is 0 Å². The Balaban J connectivity index is 2.10. The molecule has 0 bridgehead atoms. The number of aromatic carboxylic acids is 1. The minimum atomic E-state index is -0.951. The van der Waals surface area contributed by atoms with Crippen molar-refractivity contribution in [2.75, 3.05) is 13.2 Å². The lowest BCUT2D eigenvalue weighted by Gasteiger charge is -2.26. The number of ether oxygens (including phenoxy) is 2. The predicted molar refractivity (Wildman–Crippen MR) is 64.3 cm³/mol. The standard InChI is InChI=1S/C11H10N2O4S/c1-5-7-9(17-6-2-16-3-6)12-4-13-10(7)18-8(5)11(14)15/h4,6H,2-3H2,1H3,(H,14,15). The smallest absolute Gasteiger partial charge is 0.346 e. The van der Waals surface area contributed by atoms with Crippen LogP contribution in [0.4, 0.5) is 0 Å². The fraction of sp³-hybridized carbons (Fsp3) is 0.364. The van der Waals surface area contributed by atoms with Crippen LogP contribution in [0.15, 0.2) is 6.33 Å². The van der Waals surface area contributed by atoms with Gasteiger partial charge in [0.25, 0.3) is 0 Å². The first-order valence-corrected chi connectivity index (χ1v) is 6.20. The molecule has 1 fully saturated rings. The molecular formula is C11H10N2O4S. The van der Waals surface area contributed by atoms with E-state index in [-0.39, 0.29) is 11.0 Å². The molecule has 2 aromatic heterocycles. The van der Waals surface area contributed by atoms with E-state index in [1.54, 1.807) is 6.92 Å². The van der Waals surface area contributed by atoms with Crippen molar-refractivity contribution in [1.29, 1.82) is 0 Å². The molecule has 94 valence electrons. The van der Waals surface area contributed by atoms with Crippen LogP contribution in [0.5, 0.6) is 5.88 Å². The quantitative estimate of drug-likeness (QED) is 0.906. The van der Waals surface area contributed by atoms with Crippen LogP contribution in [0, 0.1) is 6.92 Å². The van der Waals surface area contributed by atoms with Gasteiger partial charge in [0.15, 0.2) is 0 Å². The van der Waals surface area contributed by atoms with Crippen molar-refractivity contribution in [3.8, 4) is 5.88 Å². The topological polar surface area (TPSA) is 81.5 Å². The fourth-order valence-corrected chi connectivity index (χ4v) is 2.75. The van der Waals surface area contributed by atoms with Crippen LogP contribution in [-0.4, -0.2) is 40.4 Å². The summed E-state index contributed by atoms with van der Waals surface area (Å²) in [6.45, 7) is 2.83. The molecule has 0 unspecified atom stereocenters. The predicted octanol–water partition coefficient (Wildman–Crippen LogP) is 1.48. The summed E-state index contributed by atoms with van der Waals surface area (Å²) in [6.07, 6.45) is 1.38. The number of aromatic nitrogens is 2. The molecule has 6 nitrogen and oxygen atoms in total. The number of thiophene rings is 1. The zero-order valence-electron chi connectivity index (χ0n) is 9.54. The molecule has 1 aliphatic heterocycles. The van der Waals surface area contributed by atoms with Gasteiger partial charge in [-0.25, -0.2) is 14.8 Å². The van der Waals surface area contributed by atoms with Crippen molar-refractivity contribution >= 4 is 27.5 Å². The number of rotatable bonds is 3. The first kappa shape index (κ1) is 11.4. The third-order valence-corrected chi connectivity index (χ3v) is 3.96. The van der Waals surface area contributed by atoms with Crippen LogP contribution in [0.1, 0.15) is 15.2 Å². The second kappa shape index (κ2) is 4.18. The van der Waals surface area contributed by atoms with E-state index in [1.165, 1.54) is 6.33 Å². The van der Waals surface area contributed by atoms with Gasteiger partial charge in [0.2, 0.25) is 5.88 Å². The second-order valence-electron chi connectivity index (χ2n) is 4.00. The minimum Gasteiger partial charge on any atom is -0.477 e. The molecule has 1 saturated heterocycles. The van der Waals surface area contributed by atoms with E-state index in [2.05, 4.69) is 9.97 Å². The van der Waals surface area contributed by atoms with Gasteiger partial charge in [0.05, 0.1) is 18.6 Å². The maximum absolute atomic E-state index is 11.1. The third kappa shape index (κ3) is 1.72. The summed E-state index contributed by atoms with van der Waals surface area (Å²) in [7, 11) is 0. The largest absolute Gasteiger partial charge is 0.477 e. The van der Waals surface area contributed by atoms with E-state index in [9.17, 15) is 4.79 Å². The van der Waals surface area contributed by atoms with E-state index in [0.29, 0.717) is 34.9 Å². The van der Waals surface area contributed by atoms with E-state index in [4.69, 9.17) is 14.6 Å². The SMILES string of the molecule is Cc1c(C(=O)O)sc2ncnc(OC3COC3)c12. The molecule has 7 heteroatoms. The number of aryl methyl sites for hydroxylation is 1. The third-order valence-electron chi connectivity index (χ3n) is 2.77. The number of carboxylic acid groups (broad SMARTS) is 1. The van der Waals surface area contributed by atoms with Crippen LogP contribution in [0.2, 0.25) is 0 Å². The summed E-state index contributed by atoms with van der Waals surface area (Å²) in [4.78, 5) is 20.2. The average Bonchev–Trinajstić information content (AvgIpc) is 2.62. The lowest BCUT2D eigenvalue weighted by molar-refractivity contribution is -0.0807. The highest BCUT2D eigenvalue weighted by Crippen LogP contribution is 2.34. The molecular weight excluding hydrogens is 256 g/mol. The summed E-state index contributed by atoms with van der Waals surface area (Å²) in [5, 5.41) is 9.79. The molecule has 3 rings (SSSR count). The Kier molecular flexibility index (Phi) is 2.64. The van der Waals surface area contributed by atoms with Crippen molar-refractivity contribution in [3.63, 3.8) is 0 Å². The maximum atomic E-state index is 11.1. The van der Waals surface area contributed by atoms with E-state index in [0.717, 1.165) is 11.3 Å². The number of carboxylic acids is 1. The molecule has 0 aromatic carbocycles. The summed E-state index contributed by atoms with van der Waals surface area (Å²) >= 11 is 1.14. The fourth-order valence-electron chi connectivity index (χ4n) is 1.77. The Hall–Kier alpha value is -1.73. The molecule has 0 saturated carbocycles. The Morgan fingerprint density at radius 3 is 2.94 bits per heavy atom.